The number of esters is 1. The van der Waals surface area contributed by atoms with Crippen molar-refractivity contribution in [2.75, 3.05) is 17.3 Å². The number of nitriles is 1. The van der Waals surface area contributed by atoms with Crippen LogP contribution >= 0.6 is 0 Å². The molecular weight excluding hydrogens is 414 g/mol. The second kappa shape index (κ2) is 7.85. The van der Waals surface area contributed by atoms with Crippen molar-refractivity contribution < 1.29 is 28.3 Å². The number of rotatable bonds is 4. The van der Waals surface area contributed by atoms with Gasteiger partial charge < -0.3 is 9.15 Å². The summed E-state index contributed by atoms with van der Waals surface area (Å²) >= 11 is 0. The molecule has 1 aliphatic heterocycles. The lowest BCUT2D eigenvalue weighted by molar-refractivity contribution is 0.0598. The van der Waals surface area contributed by atoms with Gasteiger partial charge >= 0.3 is 5.97 Å². The Bertz CT molecular complexity index is 1300. The van der Waals surface area contributed by atoms with Crippen LogP contribution in [0.1, 0.15) is 52.8 Å². The molecule has 0 saturated heterocycles. The van der Waals surface area contributed by atoms with E-state index in [0.29, 0.717) is 16.8 Å². The van der Waals surface area contributed by atoms with E-state index in [2.05, 4.69) is 10.1 Å². The zero-order valence-electron chi connectivity index (χ0n) is 17.0. The van der Waals surface area contributed by atoms with Crippen LogP contribution in [0, 0.1) is 18.3 Å². The van der Waals surface area contributed by atoms with Crippen molar-refractivity contribution in [3.63, 3.8) is 0 Å². The predicted molar refractivity (Wildman–Crippen MR) is 111 cm³/mol. The average Bonchev–Trinajstić information content (AvgIpc) is 3.26. The van der Waals surface area contributed by atoms with E-state index in [1.54, 1.807) is 24.3 Å². The van der Waals surface area contributed by atoms with Gasteiger partial charge in [0, 0.05) is 5.56 Å². The Labute approximate surface area is 181 Å². The number of nitrogens with one attached hydrogen (secondary N) is 1. The fourth-order valence-electron chi connectivity index (χ4n) is 3.45. The smallest absolute Gasteiger partial charge is 0.342 e. The maximum absolute atomic E-state index is 12.6. The molecule has 9 nitrogen and oxygen atoms in total. The van der Waals surface area contributed by atoms with E-state index in [-0.39, 0.29) is 28.3 Å². The second-order valence-electron chi connectivity index (χ2n) is 6.83. The Hall–Kier alpha value is -4.71. The van der Waals surface area contributed by atoms with Gasteiger partial charge in [0.15, 0.2) is 0 Å². The highest BCUT2D eigenvalue weighted by Gasteiger charge is 2.36. The van der Waals surface area contributed by atoms with E-state index in [1.807, 2.05) is 6.07 Å². The number of amides is 3. The molecule has 1 aliphatic rings. The monoisotopic (exact) mass is 429 g/mol. The lowest BCUT2D eigenvalue weighted by Crippen LogP contribution is -2.29. The standard InChI is InChI=1S/C23H15N3O6/c1-12-18(23(30)31-2)17(11-24)20(32-12)25-19(27)13-7-9-14(10-8-13)26-21(28)15-5-3-4-6-16(15)22(26)29/h3-10H,1-2H3,(H,25,27). The second-order valence-corrected chi connectivity index (χ2v) is 6.83. The van der Waals surface area contributed by atoms with Gasteiger partial charge in [-0.2, -0.15) is 5.26 Å². The van der Waals surface area contributed by atoms with Crippen molar-refractivity contribution in [2.45, 2.75) is 6.92 Å². The highest BCUT2D eigenvalue weighted by atomic mass is 16.5. The molecule has 0 radical (unpaired) electrons. The molecule has 1 aromatic heterocycles. The fraction of sp³-hybridized carbons (Fsp3) is 0.0870. The third-order valence-corrected chi connectivity index (χ3v) is 4.99. The van der Waals surface area contributed by atoms with Crippen LogP contribution in [0.15, 0.2) is 52.9 Å². The third-order valence-electron chi connectivity index (χ3n) is 4.99. The minimum atomic E-state index is -0.756. The molecule has 9 heteroatoms. The molecule has 4 rings (SSSR count). The first kappa shape index (κ1) is 20.6. The number of anilines is 2. The molecular formula is C23H15N3O6. The summed E-state index contributed by atoms with van der Waals surface area (Å²) in [6.45, 7) is 1.47. The van der Waals surface area contributed by atoms with Gasteiger partial charge in [-0.1, -0.05) is 12.1 Å². The highest BCUT2D eigenvalue weighted by Crippen LogP contribution is 2.30. The summed E-state index contributed by atoms with van der Waals surface area (Å²) in [7, 11) is 1.17. The van der Waals surface area contributed by atoms with Gasteiger partial charge in [0.25, 0.3) is 17.7 Å². The SMILES string of the molecule is COC(=O)c1c(C)oc(NC(=O)c2ccc(N3C(=O)c4ccccc4C3=O)cc2)c1C#N. The van der Waals surface area contributed by atoms with Crippen LogP contribution < -0.4 is 10.2 Å². The van der Waals surface area contributed by atoms with Crippen LogP contribution in [-0.4, -0.2) is 30.8 Å². The minimum absolute atomic E-state index is 0.0636. The van der Waals surface area contributed by atoms with E-state index in [4.69, 9.17) is 4.42 Å². The molecule has 3 amide bonds. The number of carbonyl (C=O) groups excluding carboxylic acids is 4. The molecule has 32 heavy (non-hydrogen) atoms. The van der Waals surface area contributed by atoms with Crippen molar-refractivity contribution in [3.8, 4) is 6.07 Å². The van der Waals surface area contributed by atoms with Crippen molar-refractivity contribution >= 4 is 35.3 Å². The van der Waals surface area contributed by atoms with Crippen molar-refractivity contribution in [1.29, 1.82) is 5.26 Å². The first-order valence-corrected chi connectivity index (χ1v) is 9.38. The summed E-state index contributed by atoms with van der Waals surface area (Å²) < 4.78 is 10.0. The summed E-state index contributed by atoms with van der Waals surface area (Å²) in [4.78, 5) is 50.7. The summed E-state index contributed by atoms with van der Waals surface area (Å²) in [5.41, 5.74) is 0.919. The molecule has 1 N–H and O–H groups in total. The molecule has 158 valence electrons. The Balaban J connectivity index is 1.57. The van der Waals surface area contributed by atoms with Gasteiger partial charge in [-0.3, -0.25) is 19.7 Å². The molecule has 2 heterocycles. The van der Waals surface area contributed by atoms with Crippen LogP contribution in [0.4, 0.5) is 11.6 Å². The highest BCUT2D eigenvalue weighted by molar-refractivity contribution is 6.34. The Morgan fingerprint density at radius 3 is 2.16 bits per heavy atom. The van der Waals surface area contributed by atoms with E-state index in [0.717, 1.165) is 4.90 Å². The van der Waals surface area contributed by atoms with Crippen LogP contribution in [0.3, 0.4) is 0 Å². The first-order valence-electron chi connectivity index (χ1n) is 9.38. The quantitative estimate of drug-likeness (QED) is 0.497. The topological polar surface area (TPSA) is 130 Å². The molecule has 0 fully saturated rings. The maximum Gasteiger partial charge on any atom is 0.342 e. The average molecular weight is 429 g/mol. The molecule has 0 aliphatic carbocycles. The Kier molecular flexibility index (Phi) is 5.04. The van der Waals surface area contributed by atoms with Crippen molar-refractivity contribution in [2.24, 2.45) is 0 Å². The van der Waals surface area contributed by atoms with E-state index in [9.17, 15) is 24.4 Å². The number of imide groups is 1. The summed E-state index contributed by atoms with van der Waals surface area (Å²) in [5, 5.41) is 11.8. The largest absolute Gasteiger partial charge is 0.465 e. The van der Waals surface area contributed by atoms with Gasteiger partial charge in [-0.25, -0.2) is 9.69 Å². The van der Waals surface area contributed by atoms with E-state index in [1.165, 1.54) is 38.3 Å². The van der Waals surface area contributed by atoms with Gasteiger partial charge in [0.2, 0.25) is 5.88 Å². The molecule has 0 unspecified atom stereocenters. The fourth-order valence-corrected chi connectivity index (χ4v) is 3.45. The van der Waals surface area contributed by atoms with E-state index >= 15 is 0 Å². The van der Waals surface area contributed by atoms with Gasteiger partial charge in [0.1, 0.15) is 23.0 Å². The molecule has 2 aromatic carbocycles. The lowest BCUT2D eigenvalue weighted by Gasteiger charge is -2.14. The van der Waals surface area contributed by atoms with Gasteiger partial charge in [-0.15, -0.1) is 0 Å². The normalized spacial score (nSPS) is 12.3. The number of nitrogens with zero attached hydrogens (tertiary/aromatic N) is 2. The maximum atomic E-state index is 12.6. The number of furan rings is 1. The van der Waals surface area contributed by atoms with Crippen LogP contribution in [-0.2, 0) is 4.74 Å². The summed E-state index contributed by atoms with van der Waals surface area (Å²) in [6, 6.07) is 14.1. The van der Waals surface area contributed by atoms with Crippen LogP contribution in [0.25, 0.3) is 0 Å². The van der Waals surface area contributed by atoms with Crippen molar-refractivity contribution in [3.05, 3.63) is 82.1 Å². The zero-order valence-corrected chi connectivity index (χ0v) is 17.0. The minimum Gasteiger partial charge on any atom is -0.465 e. The number of methoxy groups -OCH3 is 1. The zero-order chi connectivity index (χ0) is 23.0. The first-order chi connectivity index (χ1) is 15.4. The van der Waals surface area contributed by atoms with Gasteiger partial charge in [0.05, 0.1) is 23.9 Å². The number of benzene rings is 2. The Morgan fingerprint density at radius 1 is 1.03 bits per heavy atom. The molecule has 0 bridgehead atoms. The van der Waals surface area contributed by atoms with Crippen molar-refractivity contribution in [1.82, 2.24) is 0 Å². The number of aryl methyl sites for hydroxylation is 1. The molecule has 3 aromatic rings. The number of carbonyl (C=O) groups is 4. The number of hydrogen-bond acceptors (Lipinski definition) is 7. The lowest BCUT2D eigenvalue weighted by atomic mass is 10.1. The number of ether oxygens (including phenoxy) is 1. The number of fused-ring (bicyclic) bond motifs is 1. The predicted octanol–water partition coefficient (Wildman–Crippen LogP) is 3.30. The summed E-state index contributed by atoms with van der Waals surface area (Å²) in [6.07, 6.45) is 0. The van der Waals surface area contributed by atoms with E-state index < -0.39 is 23.7 Å². The van der Waals surface area contributed by atoms with Crippen LogP contribution in [0.2, 0.25) is 0 Å². The van der Waals surface area contributed by atoms with Gasteiger partial charge in [-0.05, 0) is 43.3 Å². The third kappa shape index (κ3) is 3.20. The Morgan fingerprint density at radius 2 is 1.62 bits per heavy atom. The van der Waals surface area contributed by atoms with Crippen LogP contribution in [0.5, 0.6) is 0 Å². The molecule has 0 spiro atoms. The summed E-state index contributed by atoms with van der Waals surface area (Å²) in [5.74, 6) is -2.30. The molecule has 0 saturated carbocycles. The number of hydrogen-bond donors (Lipinski definition) is 1. The molecule has 0 atom stereocenters.